The smallest absolute Gasteiger partial charge is 0.321 e. The van der Waals surface area contributed by atoms with E-state index in [1.54, 1.807) is 34.1 Å². The molecule has 128 valence electrons. The van der Waals surface area contributed by atoms with Crippen molar-refractivity contribution in [3.05, 3.63) is 29.8 Å². The Balaban J connectivity index is 1.77. The maximum absolute atomic E-state index is 12.7. The highest BCUT2D eigenvalue weighted by Crippen LogP contribution is 2.22. The molecular formula is C17H21N3O4. The molecule has 0 aromatic heterocycles. The number of nitrogens with one attached hydrogen (secondary N) is 1. The van der Waals surface area contributed by atoms with Gasteiger partial charge in [-0.05, 0) is 37.5 Å². The van der Waals surface area contributed by atoms with Gasteiger partial charge in [0.15, 0.2) is 0 Å². The molecule has 3 amide bonds. The van der Waals surface area contributed by atoms with Gasteiger partial charge in [0, 0.05) is 37.4 Å². The summed E-state index contributed by atoms with van der Waals surface area (Å²) in [5.74, 6) is -1.54. The Hall–Kier alpha value is -2.57. The topological polar surface area (TPSA) is 89.9 Å². The predicted molar refractivity (Wildman–Crippen MR) is 88.1 cm³/mol. The van der Waals surface area contributed by atoms with Crippen LogP contribution < -0.4 is 10.2 Å². The fourth-order valence-electron chi connectivity index (χ4n) is 3.23. The summed E-state index contributed by atoms with van der Waals surface area (Å²) in [6.07, 6.45) is 2.15. The minimum atomic E-state index is -0.855. The first-order chi connectivity index (χ1) is 11.6. The number of nitrogens with zero attached hydrogens (tertiary/aromatic N) is 2. The zero-order valence-electron chi connectivity index (χ0n) is 13.4. The minimum absolute atomic E-state index is 0.158. The van der Waals surface area contributed by atoms with E-state index in [9.17, 15) is 14.4 Å². The van der Waals surface area contributed by atoms with E-state index < -0.39 is 11.9 Å². The summed E-state index contributed by atoms with van der Waals surface area (Å²) < 4.78 is 0. The molecule has 0 bridgehead atoms. The average molecular weight is 331 g/mol. The number of piperidine rings is 1. The second-order valence-corrected chi connectivity index (χ2v) is 6.22. The van der Waals surface area contributed by atoms with Crippen molar-refractivity contribution in [3.8, 4) is 0 Å². The van der Waals surface area contributed by atoms with E-state index in [1.165, 1.54) is 0 Å². The van der Waals surface area contributed by atoms with Gasteiger partial charge in [-0.1, -0.05) is 6.07 Å². The number of amides is 3. The summed E-state index contributed by atoms with van der Waals surface area (Å²) in [4.78, 5) is 39.0. The third-order valence-corrected chi connectivity index (χ3v) is 4.54. The standard InChI is InChI=1S/C17H21N3O4/c21-15(19-8-2-5-13(11-19)16(22)23)12-4-1-6-14(10-12)20-9-3-7-18-17(20)24/h1,4,6,10,13H,2-3,5,7-9,11H2,(H,18,24)(H,22,23). The number of carboxylic acid groups (broad SMARTS) is 1. The Morgan fingerprint density at radius 2 is 2.04 bits per heavy atom. The number of hydrogen-bond acceptors (Lipinski definition) is 3. The van der Waals surface area contributed by atoms with E-state index in [0.717, 1.165) is 6.42 Å². The highest BCUT2D eigenvalue weighted by Gasteiger charge is 2.29. The van der Waals surface area contributed by atoms with Crippen molar-refractivity contribution in [2.45, 2.75) is 19.3 Å². The van der Waals surface area contributed by atoms with Crippen LogP contribution in [0.2, 0.25) is 0 Å². The number of carbonyl (C=O) groups excluding carboxylic acids is 2. The summed E-state index contributed by atoms with van der Waals surface area (Å²) in [7, 11) is 0. The SMILES string of the molecule is O=C(O)C1CCCN(C(=O)c2cccc(N3CCCNC3=O)c2)C1. The minimum Gasteiger partial charge on any atom is -0.481 e. The van der Waals surface area contributed by atoms with Gasteiger partial charge in [-0.15, -0.1) is 0 Å². The Kier molecular flexibility index (Phi) is 4.69. The number of likely N-dealkylation sites (tertiary alicyclic amines) is 1. The summed E-state index contributed by atoms with van der Waals surface area (Å²) in [6, 6.07) is 6.81. The third-order valence-electron chi connectivity index (χ3n) is 4.54. The van der Waals surface area contributed by atoms with Crippen LogP contribution in [0, 0.1) is 5.92 Å². The maximum atomic E-state index is 12.7. The zero-order valence-corrected chi connectivity index (χ0v) is 13.4. The van der Waals surface area contributed by atoms with Crippen LogP contribution in [0.15, 0.2) is 24.3 Å². The molecule has 2 aliphatic heterocycles. The maximum Gasteiger partial charge on any atom is 0.321 e. The first-order valence-electron chi connectivity index (χ1n) is 8.24. The molecule has 1 unspecified atom stereocenters. The molecule has 0 aliphatic carbocycles. The van der Waals surface area contributed by atoms with Gasteiger partial charge in [0.05, 0.1) is 5.92 Å². The largest absolute Gasteiger partial charge is 0.481 e. The van der Waals surface area contributed by atoms with E-state index in [4.69, 9.17) is 5.11 Å². The predicted octanol–water partition coefficient (Wildman–Crippen LogP) is 1.54. The van der Waals surface area contributed by atoms with E-state index in [-0.39, 0.29) is 18.5 Å². The van der Waals surface area contributed by atoms with Gasteiger partial charge in [-0.25, -0.2) is 4.79 Å². The lowest BCUT2D eigenvalue weighted by Gasteiger charge is -2.31. The molecule has 7 nitrogen and oxygen atoms in total. The molecule has 2 saturated heterocycles. The van der Waals surface area contributed by atoms with Gasteiger partial charge >= 0.3 is 12.0 Å². The monoisotopic (exact) mass is 331 g/mol. The van der Waals surface area contributed by atoms with Crippen LogP contribution >= 0.6 is 0 Å². The van der Waals surface area contributed by atoms with Crippen molar-refractivity contribution in [2.24, 2.45) is 5.92 Å². The number of aliphatic carboxylic acids is 1. The first-order valence-corrected chi connectivity index (χ1v) is 8.24. The molecule has 7 heteroatoms. The lowest BCUT2D eigenvalue weighted by atomic mass is 9.97. The molecule has 1 aromatic carbocycles. The molecule has 0 spiro atoms. The van der Waals surface area contributed by atoms with Gasteiger partial charge in [-0.3, -0.25) is 14.5 Å². The molecule has 2 N–H and O–H groups in total. The summed E-state index contributed by atoms with van der Waals surface area (Å²) in [6.45, 7) is 2.09. The molecule has 2 heterocycles. The van der Waals surface area contributed by atoms with Crippen molar-refractivity contribution in [1.82, 2.24) is 10.2 Å². The molecule has 2 aliphatic rings. The number of carbonyl (C=O) groups is 3. The van der Waals surface area contributed by atoms with Crippen LogP contribution in [-0.2, 0) is 4.79 Å². The lowest BCUT2D eigenvalue weighted by Crippen LogP contribution is -2.46. The van der Waals surface area contributed by atoms with Crippen molar-refractivity contribution in [2.75, 3.05) is 31.1 Å². The molecular weight excluding hydrogens is 310 g/mol. The van der Waals surface area contributed by atoms with E-state index in [1.807, 2.05) is 0 Å². The zero-order chi connectivity index (χ0) is 17.1. The van der Waals surface area contributed by atoms with Gasteiger partial charge in [0.25, 0.3) is 5.91 Å². The van der Waals surface area contributed by atoms with E-state index in [2.05, 4.69) is 5.32 Å². The van der Waals surface area contributed by atoms with Gasteiger partial charge in [0.1, 0.15) is 0 Å². The van der Waals surface area contributed by atoms with Crippen LogP contribution in [0.3, 0.4) is 0 Å². The van der Waals surface area contributed by atoms with Crippen LogP contribution in [-0.4, -0.2) is 54.1 Å². The van der Waals surface area contributed by atoms with Crippen molar-refractivity contribution in [1.29, 1.82) is 0 Å². The van der Waals surface area contributed by atoms with Crippen molar-refractivity contribution in [3.63, 3.8) is 0 Å². The van der Waals surface area contributed by atoms with Crippen LogP contribution in [0.4, 0.5) is 10.5 Å². The Morgan fingerprint density at radius 3 is 2.79 bits per heavy atom. The normalized spacial score (nSPS) is 21.3. The average Bonchev–Trinajstić information content (AvgIpc) is 2.61. The molecule has 1 aromatic rings. The summed E-state index contributed by atoms with van der Waals surface area (Å²) >= 11 is 0. The summed E-state index contributed by atoms with van der Waals surface area (Å²) in [5, 5.41) is 12.0. The number of benzene rings is 1. The van der Waals surface area contributed by atoms with Crippen molar-refractivity contribution >= 4 is 23.6 Å². The van der Waals surface area contributed by atoms with E-state index in [0.29, 0.717) is 43.7 Å². The molecule has 0 saturated carbocycles. The Morgan fingerprint density at radius 1 is 1.21 bits per heavy atom. The van der Waals surface area contributed by atoms with Gasteiger partial charge in [-0.2, -0.15) is 0 Å². The van der Waals surface area contributed by atoms with Gasteiger partial charge < -0.3 is 15.3 Å². The van der Waals surface area contributed by atoms with E-state index >= 15 is 0 Å². The second-order valence-electron chi connectivity index (χ2n) is 6.22. The quantitative estimate of drug-likeness (QED) is 0.879. The molecule has 24 heavy (non-hydrogen) atoms. The fourth-order valence-corrected chi connectivity index (χ4v) is 3.23. The summed E-state index contributed by atoms with van der Waals surface area (Å²) in [5.41, 5.74) is 1.17. The number of anilines is 1. The molecule has 1 atom stereocenters. The van der Waals surface area contributed by atoms with Crippen LogP contribution in [0.25, 0.3) is 0 Å². The van der Waals surface area contributed by atoms with Crippen LogP contribution in [0.5, 0.6) is 0 Å². The Labute approximate surface area is 140 Å². The molecule has 2 fully saturated rings. The second kappa shape index (κ2) is 6.90. The number of carboxylic acids is 1. The van der Waals surface area contributed by atoms with Gasteiger partial charge in [0.2, 0.25) is 0 Å². The highest BCUT2D eigenvalue weighted by atomic mass is 16.4. The third kappa shape index (κ3) is 3.34. The van der Waals surface area contributed by atoms with Crippen molar-refractivity contribution < 1.29 is 19.5 Å². The molecule has 3 rings (SSSR count). The number of urea groups is 1. The first kappa shape index (κ1) is 16.3. The van der Waals surface area contributed by atoms with Crippen LogP contribution in [0.1, 0.15) is 29.6 Å². The number of hydrogen-bond donors (Lipinski definition) is 2. The highest BCUT2D eigenvalue weighted by molar-refractivity contribution is 5.98. The molecule has 0 radical (unpaired) electrons. The number of rotatable bonds is 3. The Bertz CT molecular complexity index is 661. The lowest BCUT2D eigenvalue weighted by molar-refractivity contribution is -0.143. The fraction of sp³-hybridized carbons (Fsp3) is 0.471.